The average molecular weight is 427 g/mol. The molecule has 0 radical (unpaired) electrons. The third-order valence-electron chi connectivity index (χ3n) is 4.54. The smallest absolute Gasteiger partial charge is 0.226 e. The molecule has 7 nitrogen and oxygen atoms in total. The molecule has 0 fully saturated rings. The number of hydrogen-bond donors (Lipinski definition) is 1. The van der Waals surface area contributed by atoms with Crippen LogP contribution in [-0.4, -0.2) is 29.8 Å². The van der Waals surface area contributed by atoms with E-state index in [9.17, 15) is 9.18 Å². The van der Waals surface area contributed by atoms with E-state index in [0.29, 0.717) is 61.2 Å². The molecule has 0 bridgehead atoms. The number of amides is 1. The Balaban J connectivity index is 1.43. The van der Waals surface area contributed by atoms with Gasteiger partial charge in [0.1, 0.15) is 5.82 Å². The van der Waals surface area contributed by atoms with E-state index in [1.807, 2.05) is 25.1 Å². The van der Waals surface area contributed by atoms with Gasteiger partial charge < -0.3 is 19.3 Å². The van der Waals surface area contributed by atoms with Crippen LogP contribution in [0.25, 0.3) is 11.4 Å². The average Bonchev–Trinajstić information content (AvgIpc) is 3.26. The fraction of sp³-hybridized carbons (Fsp3) is 0.348. The van der Waals surface area contributed by atoms with Crippen LogP contribution in [0.2, 0.25) is 0 Å². The molecule has 0 saturated carbocycles. The molecule has 0 atom stereocenters. The molecule has 8 heteroatoms. The van der Waals surface area contributed by atoms with Gasteiger partial charge in [-0.15, -0.1) is 0 Å². The van der Waals surface area contributed by atoms with Gasteiger partial charge in [0.05, 0.1) is 13.7 Å². The van der Waals surface area contributed by atoms with E-state index < -0.39 is 0 Å². The van der Waals surface area contributed by atoms with Gasteiger partial charge in [-0.3, -0.25) is 4.79 Å². The zero-order chi connectivity index (χ0) is 22.1. The second kappa shape index (κ2) is 11.1. The number of carbonyl (C=O) groups excluding carboxylic acids is 1. The highest BCUT2D eigenvalue weighted by Gasteiger charge is 2.11. The molecular formula is C23H26FN3O4. The van der Waals surface area contributed by atoms with Gasteiger partial charge in [0, 0.05) is 24.9 Å². The summed E-state index contributed by atoms with van der Waals surface area (Å²) in [5.74, 6) is 1.80. The summed E-state index contributed by atoms with van der Waals surface area (Å²) in [6, 6.07) is 11.5. The van der Waals surface area contributed by atoms with Crippen LogP contribution in [0.3, 0.4) is 0 Å². The van der Waals surface area contributed by atoms with Gasteiger partial charge in [-0.05, 0) is 54.8 Å². The van der Waals surface area contributed by atoms with E-state index in [1.54, 1.807) is 19.2 Å². The number of benzene rings is 2. The van der Waals surface area contributed by atoms with Crippen molar-refractivity contribution >= 4 is 5.91 Å². The first kappa shape index (κ1) is 22.3. The van der Waals surface area contributed by atoms with Gasteiger partial charge in [0.15, 0.2) is 11.5 Å². The standard InChI is InChI=1S/C23H26FN3O4/c1-3-13-30-19-12-7-16(14-20(19)29-2)15-25-21(28)5-4-6-22-26-23(27-31-22)17-8-10-18(24)11-9-17/h7-12,14H,3-6,13,15H2,1-2H3,(H,25,28). The largest absolute Gasteiger partial charge is 0.493 e. The van der Waals surface area contributed by atoms with Crippen molar-refractivity contribution in [1.29, 1.82) is 0 Å². The second-order valence-corrected chi connectivity index (χ2v) is 6.98. The first-order chi connectivity index (χ1) is 15.1. The number of methoxy groups -OCH3 is 1. The monoisotopic (exact) mass is 427 g/mol. The predicted octanol–water partition coefficient (Wildman–Crippen LogP) is 4.31. The highest BCUT2D eigenvalue weighted by molar-refractivity contribution is 5.75. The van der Waals surface area contributed by atoms with Crippen LogP contribution in [0.4, 0.5) is 4.39 Å². The van der Waals surface area contributed by atoms with Gasteiger partial charge in [-0.1, -0.05) is 18.1 Å². The summed E-state index contributed by atoms with van der Waals surface area (Å²) in [7, 11) is 1.59. The van der Waals surface area contributed by atoms with Crippen LogP contribution in [0.15, 0.2) is 47.0 Å². The molecule has 0 aliphatic carbocycles. The van der Waals surface area contributed by atoms with Gasteiger partial charge in [-0.25, -0.2) is 4.39 Å². The summed E-state index contributed by atoms with van der Waals surface area (Å²) in [5.41, 5.74) is 1.60. The first-order valence-corrected chi connectivity index (χ1v) is 10.2. The minimum atomic E-state index is -0.322. The van der Waals surface area contributed by atoms with Gasteiger partial charge in [0.2, 0.25) is 17.6 Å². The van der Waals surface area contributed by atoms with E-state index in [0.717, 1.165) is 12.0 Å². The Hall–Kier alpha value is -3.42. The molecule has 164 valence electrons. The maximum absolute atomic E-state index is 13.0. The summed E-state index contributed by atoms with van der Waals surface area (Å²) in [6.07, 6.45) is 2.31. The highest BCUT2D eigenvalue weighted by atomic mass is 19.1. The van der Waals surface area contributed by atoms with Crippen molar-refractivity contribution in [3.05, 3.63) is 59.7 Å². The number of halogens is 1. The Bertz CT molecular complexity index is 989. The van der Waals surface area contributed by atoms with Crippen molar-refractivity contribution < 1.29 is 23.2 Å². The lowest BCUT2D eigenvalue weighted by atomic mass is 10.2. The quantitative estimate of drug-likeness (QED) is 0.491. The van der Waals surface area contributed by atoms with Crippen molar-refractivity contribution in [2.45, 2.75) is 39.2 Å². The first-order valence-electron chi connectivity index (χ1n) is 10.2. The second-order valence-electron chi connectivity index (χ2n) is 6.98. The number of hydrogen-bond acceptors (Lipinski definition) is 6. The number of aryl methyl sites for hydroxylation is 1. The van der Waals surface area contributed by atoms with Crippen molar-refractivity contribution in [1.82, 2.24) is 15.5 Å². The van der Waals surface area contributed by atoms with Crippen LogP contribution >= 0.6 is 0 Å². The van der Waals surface area contributed by atoms with Crippen LogP contribution in [0.5, 0.6) is 11.5 Å². The Labute approximate surface area is 180 Å². The van der Waals surface area contributed by atoms with Gasteiger partial charge in [0.25, 0.3) is 0 Å². The van der Waals surface area contributed by atoms with E-state index in [2.05, 4.69) is 15.5 Å². The Morgan fingerprint density at radius 2 is 1.97 bits per heavy atom. The molecule has 1 aromatic heterocycles. The van der Waals surface area contributed by atoms with Gasteiger partial charge >= 0.3 is 0 Å². The minimum absolute atomic E-state index is 0.0662. The number of ether oxygens (including phenoxy) is 2. The molecule has 3 rings (SSSR count). The molecule has 1 N–H and O–H groups in total. The fourth-order valence-corrected chi connectivity index (χ4v) is 2.92. The summed E-state index contributed by atoms with van der Waals surface area (Å²) in [4.78, 5) is 16.5. The summed E-state index contributed by atoms with van der Waals surface area (Å²) in [6.45, 7) is 3.07. The third kappa shape index (κ3) is 6.53. The molecule has 0 aliphatic heterocycles. The number of aromatic nitrogens is 2. The molecule has 1 heterocycles. The van der Waals surface area contributed by atoms with Crippen molar-refractivity contribution in [2.24, 2.45) is 0 Å². The van der Waals surface area contributed by atoms with Crippen LogP contribution in [0, 0.1) is 5.82 Å². The molecular weight excluding hydrogens is 401 g/mol. The third-order valence-corrected chi connectivity index (χ3v) is 4.54. The molecule has 0 unspecified atom stereocenters. The summed E-state index contributed by atoms with van der Waals surface area (Å²) < 4.78 is 29.2. The number of rotatable bonds is 11. The van der Waals surface area contributed by atoms with E-state index >= 15 is 0 Å². The lowest BCUT2D eigenvalue weighted by Gasteiger charge is -2.12. The topological polar surface area (TPSA) is 86.5 Å². The van der Waals surface area contributed by atoms with Crippen LogP contribution in [-0.2, 0) is 17.8 Å². The van der Waals surface area contributed by atoms with Crippen molar-refractivity contribution in [2.75, 3.05) is 13.7 Å². The molecule has 31 heavy (non-hydrogen) atoms. The molecule has 3 aromatic rings. The fourth-order valence-electron chi connectivity index (χ4n) is 2.92. The maximum Gasteiger partial charge on any atom is 0.226 e. The van der Waals surface area contributed by atoms with E-state index in [4.69, 9.17) is 14.0 Å². The van der Waals surface area contributed by atoms with Gasteiger partial charge in [-0.2, -0.15) is 4.98 Å². The molecule has 0 spiro atoms. The zero-order valence-corrected chi connectivity index (χ0v) is 17.7. The maximum atomic E-state index is 13.0. The zero-order valence-electron chi connectivity index (χ0n) is 17.7. The normalized spacial score (nSPS) is 10.7. The number of nitrogens with one attached hydrogen (secondary N) is 1. The Morgan fingerprint density at radius 3 is 2.71 bits per heavy atom. The molecule has 1 amide bonds. The lowest BCUT2D eigenvalue weighted by molar-refractivity contribution is -0.121. The SMILES string of the molecule is CCCOc1ccc(CNC(=O)CCCc2nc(-c3ccc(F)cc3)no2)cc1OC. The summed E-state index contributed by atoms with van der Waals surface area (Å²) >= 11 is 0. The van der Waals surface area contributed by atoms with Crippen molar-refractivity contribution in [3.8, 4) is 22.9 Å². The molecule has 0 aliphatic rings. The Morgan fingerprint density at radius 1 is 1.16 bits per heavy atom. The van der Waals surface area contributed by atoms with E-state index in [1.165, 1.54) is 12.1 Å². The Kier molecular flexibility index (Phi) is 7.98. The van der Waals surface area contributed by atoms with Crippen LogP contribution in [0.1, 0.15) is 37.6 Å². The predicted molar refractivity (Wildman–Crippen MR) is 113 cm³/mol. The van der Waals surface area contributed by atoms with E-state index in [-0.39, 0.29) is 11.7 Å². The number of nitrogens with zero attached hydrogens (tertiary/aromatic N) is 2. The summed E-state index contributed by atoms with van der Waals surface area (Å²) in [5, 5.41) is 6.80. The molecule has 2 aromatic carbocycles. The van der Waals surface area contributed by atoms with Crippen molar-refractivity contribution in [3.63, 3.8) is 0 Å². The molecule has 0 saturated heterocycles. The minimum Gasteiger partial charge on any atom is -0.493 e. The number of carbonyl (C=O) groups is 1. The lowest BCUT2D eigenvalue weighted by Crippen LogP contribution is -2.22. The highest BCUT2D eigenvalue weighted by Crippen LogP contribution is 2.28. The van der Waals surface area contributed by atoms with Crippen LogP contribution < -0.4 is 14.8 Å².